The molecule has 2 aromatic carbocycles. The number of ether oxygens (including phenoxy) is 2. The van der Waals surface area contributed by atoms with Crippen molar-refractivity contribution in [1.29, 1.82) is 0 Å². The molecule has 0 saturated heterocycles. The van der Waals surface area contributed by atoms with Gasteiger partial charge in [0.05, 0.1) is 12.0 Å². The van der Waals surface area contributed by atoms with Gasteiger partial charge in [0.25, 0.3) is 0 Å². The summed E-state index contributed by atoms with van der Waals surface area (Å²) in [5.74, 6) is 0.672. The van der Waals surface area contributed by atoms with Crippen LogP contribution in [0.5, 0.6) is 23.0 Å². The summed E-state index contributed by atoms with van der Waals surface area (Å²) in [5.41, 5.74) is 1.14. The van der Waals surface area contributed by atoms with Crippen molar-refractivity contribution in [2.75, 3.05) is 0 Å². The van der Waals surface area contributed by atoms with E-state index in [1.54, 1.807) is 24.3 Å². The van der Waals surface area contributed by atoms with Gasteiger partial charge in [-0.05, 0) is 43.7 Å². The Labute approximate surface area is 145 Å². The van der Waals surface area contributed by atoms with E-state index in [9.17, 15) is 15.0 Å². The highest BCUT2D eigenvalue weighted by atomic mass is 16.5. The molecule has 25 heavy (non-hydrogen) atoms. The van der Waals surface area contributed by atoms with Crippen LogP contribution in [0.4, 0.5) is 0 Å². The van der Waals surface area contributed by atoms with E-state index in [4.69, 9.17) is 9.47 Å². The maximum absolute atomic E-state index is 12.6. The fourth-order valence-electron chi connectivity index (χ4n) is 3.20. The Hall–Kier alpha value is -2.95. The van der Waals surface area contributed by atoms with Crippen LogP contribution in [0.3, 0.4) is 0 Å². The van der Waals surface area contributed by atoms with Crippen LogP contribution in [-0.4, -0.2) is 21.6 Å². The molecule has 2 aromatic rings. The molecule has 2 N–H and O–H groups in total. The number of aromatic hydroxyl groups is 2. The molecule has 1 atom stereocenters. The Morgan fingerprint density at radius 3 is 2.60 bits per heavy atom. The third-order valence-corrected chi connectivity index (χ3v) is 4.46. The molecule has 0 amide bonds. The van der Waals surface area contributed by atoms with Gasteiger partial charge in [0.2, 0.25) is 0 Å². The summed E-state index contributed by atoms with van der Waals surface area (Å²) in [4.78, 5) is 12.6. The van der Waals surface area contributed by atoms with E-state index in [1.807, 2.05) is 26.0 Å². The van der Waals surface area contributed by atoms with Crippen molar-refractivity contribution < 1.29 is 24.5 Å². The molecule has 0 bridgehead atoms. The second-order valence-electron chi connectivity index (χ2n) is 6.88. The van der Waals surface area contributed by atoms with Gasteiger partial charge in [-0.2, -0.15) is 0 Å². The maximum atomic E-state index is 12.6. The minimum Gasteiger partial charge on any atom is -0.508 e. The number of ketones is 1. The Bertz CT molecular complexity index is 893. The van der Waals surface area contributed by atoms with Crippen LogP contribution in [0.25, 0.3) is 6.08 Å². The average molecular weight is 338 g/mol. The zero-order chi connectivity index (χ0) is 17.8. The molecule has 0 unspecified atom stereocenters. The fraction of sp³-hybridized carbons (Fsp3) is 0.250. The van der Waals surface area contributed by atoms with E-state index >= 15 is 0 Å². The van der Waals surface area contributed by atoms with Gasteiger partial charge in [0.1, 0.15) is 40.3 Å². The molecule has 2 aliphatic rings. The third-order valence-electron chi connectivity index (χ3n) is 4.46. The van der Waals surface area contributed by atoms with Crippen molar-refractivity contribution in [3.05, 3.63) is 53.1 Å². The van der Waals surface area contributed by atoms with Gasteiger partial charge in [-0.25, -0.2) is 0 Å². The minimum absolute atomic E-state index is 0.125. The van der Waals surface area contributed by atoms with E-state index in [-0.39, 0.29) is 29.3 Å². The number of rotatable bonds is 1. The minimum atomic E-state index is -0.497. The average Bonchev–Trinajstić information content (AvgIpc) is 2.53. The summed E-state index contributed by atoms with van der Waals surface area (Å²) >= 11 is 0. The molecule has 5 nitrogen and oxygen atoms in total. The van der Waals surface area contributed by atoms with Crippen LogP contribution in [-0.2, 0) is 0 Å². The summed E-state index contributed by atoms with van der Waals surface area (Å²) in [6.07, 6.45) is 3.41. The highest BCUT2D eigenvalue weighted by molar-refractivity contribution is 6.04. The summed E-state index contributed by atoms with van der Waals surface area (Å²) < 4.78 is 12.0. The van der Waals surface area contributed by atoms with Gasteiger partial charge in [-0.1, -0.05) is 12.1 Å². The molecule has 2 aliphatic heterocycles. The topological polar surface area (TPSA) is 76.0 Å². The van der Waals surface area contributed by atoms with Crippen molar-refractivity contribution in [1.82, 2.24) is 0 Å². The Balaban J connectivity index is 1.81. The monoisotopic (exact) mass is 338 g/mol. The van der Waals surface area contributed by atoms with Gasteiger partial charge in [0, 0.05) is 6.07 Å². The van der Waals surface area contributed by atoms with Crippen LogP contribution >= 0.6 is 0 Å². The molecule has 4 rings (SSSR count). The number of phenols is 2. The van der Waals surface area contributed by atoms with E-state index in [0.717, 1.165) is 5.56 Å². The van der Waals surface area contributed by atoms with E-state index in [0.29, 0.717) is 17.1 Å². The standard InChI is InChI=1S/C20H18O5/c1-20(2)8-7-13-17(25-20)10-15(23)18-14(22)9-16(24-19(13)18)11-3-5-12(21)6-4-11/h3-8,10,16,21,23H,9H2,1-2H3/t16-/m1/s1. The lowest BCUT2D eigenvalue weighted by atomic mass is 9.91. The Morgan fingerprint density at radius 2 is 1.88 bits per heavy atom. The van der Waals surface area contributed by atoms with Crippen LogP contribution < -0.4 is 9.47 Å². The van der Waals surface area contributed by atoms with Crippen LogP contribution in [0.1, 0.15) is 47.9 Å². The Kier molecular flexibility index (Phi) is 3.29. The van der Waals surface area contributed by atoms with E-state index < -0.39 is 11.7 Å². The first-order valence-corrected chi connectivity index (χ1v) is 8.11. The second kappa shape index (κ2) is 5.28. The molecular formula is C20H18O5. The molecule has 2 heterocycles. The molecule has 5 heteroatoms. The zero-order valence-electron chi connectivity index (χ0n) is 13.9. The number of carbonyl (C=O) groups is 1. The molecule has 0 aromatic heterocycles. The summed E-state index contributed by atoms with van der Waals surface area (Å²) in [6, 6.07) is 8.04. The molecular weight excluding hydrogens is 320 g/mol. The molecule has 0 fully saturated rings. The number of Topliss-reactive ketones (excluding diaryl/α,β-unsaturated/α-hetero) is 1. The van der Waals surface area contributed by atoms with Crippen molar-refractivity contribution >= 4 is 11.9 Å². The predicted molar refractivity (Wildman–Crippen MR) is 92.3 cm³/mol. The summed E-state index contributed by atoms with van der Waals surface area (Å²) in [6.45, 7) is 3.82. The first-order valence-electron chi connectivity index (χ1n) is 8.11. The number of hydrogen-bond acceptors (Lipinski definition) is 5. The lowest BCUT2D eigenvalue weighted by Crippen LogP contribution is -2.29. The number of fused-ring (bicyclic) bond motifs is 3. The third kappa shape index (κ3) is 2.61. The molecule has 0 aliphatic carbocycles. The summed E-state index contributed by atoms with van der Waals surface area (Å²) in [7, 11) is 0. The first kappa shape index (κ1) is 15.6. The van der Waals surface area contributed by atoms with Crippen LogP contribution in [0.2, 0.25) is 0 Å². The second-order valence-corrected chi connectivity index (χ2v) is 6.88. The number of phenolic OH excluding ortho intramolecular Hbond substituents is 2. The van der Waals surface area contributed by atoms with Gasteiger partial charge >= 0.3 is 0 Å². The van der Waals surface area contributed by atoms with Crippen molar-refractivity contribution in [3.8, 4) is 23.0 Å². The van der Waals surface area contributed by atoms with E-state index in [1.165, 1.54) is 6.07 Å². The zero-order valence-corrected chi connectivity index (χ0v) is 13.9. The number of carbonyl (C=O) groups excluding carboxylic acids is 1. The molecule has 0 radical (unpaired) electrons. The van der Waals surface area contributed by atoms with Crippen molar-refractivity contribution in [2.24, 2.45) is 0 Å². The maximum Gasteiger partial charge on any atom is 0.174 e. The lowest BCUT2D eigenvalue weighted by molar-refractivity contribution is 0.0841. The highest BCUT2D eigenvalue weighted by Gasteiger charge is 2.35. The van der Waals surface area contributed by atoms with Crippen molar-refractivity contribution in [2.45, 2.75) is 32.0 Å². The van der Waals surface area contributed by atoms with Gasteiger partial charge < -0.3 is 19.7 Å². The SMILES string of the molecule is CC1(C)C=Cc2c(cc(O)c3c2O[C@@H](c2ccc(O)cc2)CC3=O)O1. The summed E-state index contributed by atoms with van der Waals surface area (Å²) in [5, 5.41) is 19.8. The first-order chi connectivity index (χ1) is 11.8. The van der Waals surface area contributed by atoms with Crippen LogP contribution in [0, 0.1) is 0 Å². The highest BCUT2D eigenvalue weighted by Crippen LogP contribution is 2.48. The van der Waals surface area contributed by atoms with Gasteiger partial charge in [-0.3, -0.25) is 4.79 Å². The quantitative estimate of drug-likeness (QED) is 0.822. The van der Waals surface area contributed by atoms with E-state index in [2.05, 4.69) is 0 Å². The predicted octanol–water partition coefficient (Wildman–Crippen LogP) is 3.99. The van der Waals surface area contributed by atoms with Crippen molar-refractivity contribution in [3.63, 3.8) is 0 Å². The fourth-order valence-corrected chi connectivity index (χ4v) is 3.20. The largest absolute Gasteiger partial charge is 0.508 e. The number of benzene rings is 2. The normalized spacial score (nSPS) is 20.2. The molecule has 0 saturated carbocycles. The smallest absolute Gasteiger partial charge is 0.174 e. The molecule has 0 spiro atoms. The molecule has 128 valence electrons. The number of hydrogen-bond donors (Lipinski definition) is 2. The lowest BCUT2D eigenvalue weighted by Gasteiger charge is -2.32. The Morgan fingerprint density at radius 1 is 1.16 bits per heavy atom. The van der Waals surface area contributed by atoms with Gasteiger partial charge in [0.15, 0.2) is 5.78 Å². The van der Waals surface area contributed by atoms with Gasteiger partial charge in [-0.15, -0.1) is 0 Å². The van der Waals surface area contributed by atoms with Crippen LogP contribution in [0.15, 0.2) is 36.4 Å².